The summed E-state index contributed by atoms with van der Waals surface area (Å²) >= 11 is 7.81. The van der Waals surface area contributed by atoms with Gasteiger partial charge in [-0.3, -0.25) is 8.42 Å². The summed E-state index contributed by atoms with van der Waals surface area (Å²) in [6.07, 6.45) is 3.10. The molecule has 2 atom stereocenters. The molecule has 0 saturated heterocycles. The molecule has 0 amide bonds. The van der Waals surface area contributed by atoms with E-state index in [1.54, 1.807) is 12.5 Å². The molecule has 9 heteroatoms. The molecule has 0 bridgehead atoms. The highest BCUT2D eigenvalue weighted by atomic mass is 79.9. The van der Waals surface area contributed by atoms with Crippen molar-refractivity contribution in [2.75, 3.05) is 12.5 Å². The lowest BCUT2D eigenvalue weighted by Gasteiger charge is -2.10. The largest absolute Gasteiger partial charge is 0.255 e. The summed E-state index contributed by atoms with van der Waals surface area (Å²) in [6, 6.07) is 0. The Bertz CT molecular complexity index is 602. The highest BCUT2D eigenvalue weighted by Crippen LogP contribution is 2.39. The quantitative estimate of drug-likeness (QED) is 0.753. The van der Waals surface area contributed by atoms with E-state index in [0.29, 0.717) is 29.8 Å². The Morgan fingerprint density at radius 2 is 1.29 bits per heavy atom. The van der Waals surface area contributed by atoms with Gasteiger partial charge in [0.05, 0.1) is 52.1 Å². The average molecular weight is 418 g/mol. The molecule has 0 aliphatic heterocycles. The lowest BCUT2D eigenvalue weighted by Crippen LogP contribution is -2.01. The fourth-order valence-corrected chi connectivity index (χ4v) is 6.91. The highest BCUT2D eigenvalue weighted by molar-refractivity contribution is 9.11. The van der Waals surface area contributed by atoms with E-state index in [4.69, 9.17) is 0 Å². The van der Waals surface area contributed by atoms with Gasteiger partial charge in [-0.1, -0.05) is 0 Å². The highest BCUT2D eigenvalue weighted by Gasteiger charge is 2.23. The molecule has 0 aliphatic carbocycles. The number of benzene rings is 1. The number of rotatable bonds is 2. The summed E-state index contributed by atoms with van der Waals surface area (Å²) in [7, 11) is -2.51. The van der Waals surface area contributed by atoms with Crippen LogP contribution in [0.5, 0.6) is 0 Å². The first-order valence-electron chi connectivity index (χ1n) is 4.25. The van der Waals surface area contributed by atoms with Crippen LogP contribution in [0, 0.1) is 0 Å². The molecular weight excluding hydrogens is 412 g/mol. The lowest BCUT2D eigenvalue weighted by atomic mass is 10.3. The van der Waals surface area contributed by atoms with Crippen molar-refractivity contribution in [1.82, 2.24) is 8.75 Å². The SMILES string of the molecule is CS(=O)c1c(S(C)=O)c(Br)c2nsnc2c1Br. The number of aromatic nitrogens is 2. The number of hydrogen-bond donors (Lipinski definition) is 0. The summed E-state index contributed by atoms with van der Waals surface area (Å²) in [5, 5.41) is 0. The first-order chi connectivity index (χ1) is 7.95. The van der Waals surface area contributed by atoms with Gasteiger partial charge in [-0.15, -0.1) is 0 Å². The molecule has 1 aromatic carbocycles. The molecule has 2 unspecified atom stereocenters. The van der Waals surface area contributed by atoms with Gasteiger partial charge in [0.2, 0.25) is 0 Å². The van der Waals surface area contributed by atoms with Crippen LogP contribution in [0.2, 0.25) is 0 Å². The van der Waals surface area contributed by atoms with Gasteiger partial charge in [-0.2, -0.15) is 8.75 Å². The predicted molar refractivity (Wildman–Crippen MR) is 77.5 cm³/mol. The fourth-order valence-electron chi connectivity index (χ4n) is 1.40. The van der Waals surface area contributed by atoms with Gasteiger partial charge >= 0.3 is 0 Å². The first kappa shape index (κ1) is 13.7. The molecule has 0 radical (unpaired) electrons. The van der Waals surface area contributed by atoms with E-state index in [0.717, 1.165) is 11.7 Å². The van der Waals surface area contributed by atoms with Crippen molar-refractivity contribution in [2.24, 2.45) is 0 Å². The molecule has 92 valence electrons. The second-order valence-corrected chi connectivity index (χ2v) is 7.90. The van der Waals surface area contributed by atoms with Crippen LogP contribution >= 0.6 is 43.6 Å². The summed E-state index contributed by atoms with van der Waals surface area (Å²) in [6.45, 7) is 0. The Labute approximate surface area is 124 Å². The number of halogens is 2. The third-order valence-corrected chi connectivity index (χ3v) is 6.78. The molecular formula is C8H6Br2N2O2S3. The van der Waals surface area contributed by atoms with Gasteiger partial charge in [-0.25, -0.2) is 0 Å². The zero-order chi connectivity index (χ0) is 12.7. The summed E-state index contributed by atoms with van der Waals surface area (Å²) < 4.78 is 33.1. The predicted octanol–water partition coefficient (Wildman–Crippen LogP) is 2.69. The van der Waals surface area contributed by atoms with Gasteiger partial charge in [0.25, 0.3) is 0 Å². The molecule has 2 aromatic rings. The first-order valence-corrected chi connectivity index (χ1v) is 9.68. The standard InChI is InChI=1S/C8H6Br2N2O2S3/c1-16(13)7-3(9)5-6(12-15-11-5)4(10)8(7)17(2)14/h1-2H3. The Morgan fingerprint density at radius 1 is 0.941 bits per heavy atom. The summed E-state index contributed by atoms with van der Waals surface area (Å²) in [5.74, 6) is 0. The maximum absolute atomic E-state index is 11.8. The topological polar surface area (TPSA) is 59.9 Å². The van der Waals surface area contributed by atoms with E-state index in [-0.39, 0.29) is 0 Å². The molecule has 0 fully saturated rings. The van der Waals surface area contributed by atoms with Crippen LogP contribution in [0.4, 0.5) is 0 Å². The third kappa shape index (κ3) is 2.27. The van der Waals surface area contributed by atoms with Crippen LogP contribution in [0.1, 0.15) is 0 Å². The van der Waals surface area contributed by atoms with E-state index in [1.165, 1.54) is 0 Å². The van der Waals surface area contributed by atoms with Crippen LogP contribution in [0.25, 0.3) is 11.0 Å². The monoisotopic (exact) mass is 416 g/mol. The van der Waals surface area contributed by atoms with E-state index in [9.17, 15) is 8.42 Å². The molecule has 1 heterocycles. The molecule has 1 aromatic heterocycles. The van der Waals surface area contributed by atoms with Crippen LogP contribution in [0.15, 0.2) is 18.7 Å². The fraction of sp³-hybridized carbons (Fsp3) is 0.250. The molecule has 2 rings (SSSR count). The molecule has 4 nitrogen and oxygen atoms in total. The molecule has 17 heavy (non-hydrogen) atoms. The Kier molecular flexibility index (Phi) is 4.13. The molecule has 0 spiro atoms. The zero-order valence-electron chi connectivity index (χ0n) is 8.69. The van der Waals surface area contributed by atoms with Gasteiger partial charge in [-0.05, 0) is 31.9 Å². The summed E-state index contributed by atoms with van der Waals surface area (Å²) in [4.78, 5) is 1.02. The van der Waals surface area contributed by atoms with Crippen LogP contribution < -0.4 is 0 Å². The smallest absolute Gasteiger partial charge is 0.121 e. The van der Waals surface area contributed by atoms with Crippen molar-refractivity contribution in [3.8, 4) is 0 Å². The normalized spacial score (nSPS) is 15.1. The molecule has 0 saturated carbocycles. The van der Waals surface area contributed by atoms with Gasteiger partial charge in [0.15, 0.2) is 0 Å². The van der Waals surface area contributed by atoms with Crippen molar-refractivity contribution in [1.29, 1.82) is 0 Å². The second-order valence-electron chi connectivity index (χ2n) is 3.16. The van der Waals surface area contributed by atoms with Crippen molar-refractivity contribution < 1.29 is 8.42 Å². The van der Waals surface area contributed by atoms with E-state index in [1.807, 2.05) is 0 Å². The van der Waals surface area contributed by atoms with Gasteiger partial charge < -0.3 is 0 Å². The molecule has 0 aliphatic rings. The van der Waals surface area contributed by atoms with E-state index in [2.05, 4.69) is 40.6 Å². The number of hydrogen-bond acceptors (Lipinski definition) is 5. The van der Waals surface area contributed by atoms with Crippen molar-refractivity contribution in [3.05, 3.63) is 8.95 Å². The van der Waals surface area contributed by atoms with E-state index < -0.39 is 21.6 Å². The van der Waals surface area contributed by atoms with Crippen molar-refractivity contribution in [2.45, 2.75) is 9.79 Å². The Hall–Kier alpha value is 0.300. The lowest BCUT2D eigenvalue weighted by molar-refractivity contribution is 0.678. The van der Waals surface area contributed by atoms with Crippen molar-refractivity contribution in [3.63, 3.8) is 0 Å². The Balaban J connectivity index is 3.03. The Morgan fingerprint density at radius 3 is 1.59 bits per heavy atom. The minimum atomic E-state index is -1.26. The van der Waals surface area contributed by atoms with Gasteiger partial charge in [0, 0.05) is 12.5 Å². The van der Waals surface area contributed by atoms with Gasteiger partial charge in [0.1, 0.15) is 11.0 Å². The third-order valence-electron chi connectivity index (χ3n) is 2.08. The number of nitrogens with zero attached hydrogens (tertiary/aromatic N) is 2. The van der Waals surface area contributed by atoms with Crippen LogP contribution in [0.3, 0.4) is 0 Å². The molecule has 0 N–H and O–H groups in total. The minimum Gasteiger partial charge on any atom is -0.255 e. The maximum atomic E-state index is 11.8. The summed E-state index contributed by atoms with van der Waals surface area (Å²) in [5.41, 5.74) is 1.28. The van der Waals surface area contributed by atoms with Crippen LogP contribution in [-0.4, -0.2) is 29.7 Å². The van der Waals surface area contributed by atoms with E-state index >= 15 is 0 Å². The second kappa shape index (κ2) is 5.12. The minimum absolute atomic E-state index is 0.512. The average Bonchev–Trinajstić information content (AvgIpc) is 2.70. The number of fused-ring (bicyclic) bond motifs is 1. The maximum Gasteiger partial charge on any atom is 0.121 e. The van der Waals surface area contributed by atoms with Crippen molar-refractivity contribution >= 4 is 76.2 Å². The van der Waals surface area contributed by atoms with Crippen LogP contribution in [-0.2, 0) is 21.6 Å². The zero-order valence-corrected chi connectivity index (χ0v) is 14.3.